The largest absolute Gasteiger partial charge is 0.508 e. The number of phenolic OH excluding ortho intramolecular Hbond substituents is 1. The van der Waals surface area contributed by atoms with E-state index in [1.807, 2.05) is 0 Å². The molecular formula is C29H36N4O8. The van der Waals surface area contributed by atoms with E-state index in [0.717, 1.165) is 5.56 Å². The summed E-state index contributed by atoms with van der Waals surface area (Å²) in [5.41, 5.74) is 7.33. The highest BCUT2D eigenvalue weighted by atomic mass is 16.6. The first-order chi connectivity index (χ1) is 19.7. The molecule has 1 saturated heterocycles. The van der Waals surface area contributed by atoms with Crippen LogP contribution < -0.4 is 11.1 Å². The molecule has 12 heteroatoms. The fourth-order valence-corrected chi connectivity index (χ4v) is 4.27. The Hall–Kier alpha value is -4.45. The molecule has 2 aromatic carbocycles. The van der Waals surface area contributed by atoms with E-state index in [2.05, 4.69) is 10.3 Å². The SMILES string of the molecule is CCOC(=O)COC1CCN(C(=O)[C@H](Cc2ccc(O)cc2)NC(=O)c2ccc(/C(N)=N\C(=O)OCC)cc2)CC1. The van der Waals surface area contributed by atoms with Crippen molar-refractivity contribution in [2.75, 3.05) is 32.9 Å². The van der Waals surface area contributed by atoms with Crippen LogP contribution in [0.1, 0.15) is 48.2 Å². The van der Waals surface area contributed by atoms with Gasteiger partial charge < -0.3 is 35.3 Å². The number of rotatable bonds is 11. The number of carbonyl (C=O) groups is 4. The van der Waals surface area contributed by atoms with E-state index in [1.54, 1.807) is 43.0 Å². The monoisotopic (exact) mass is 568 g/mol. The van der Waals surface area contributed by atoms with E-state index in [4.69, 9.17) is 19.9 Å². The van der Waals surface area contributed by atoms with Crippen molar-refractivity contribution in [1.82, 2.24) is 10.2 Å². The molecule has 1 aliphatic heterocycles. The summed E-state index contributed by atoms with van der Waals surface area (Å²) in [7, 11) is 0. The Bertz CT molecular complexity index is 1220. The number of aliphatic imine (C=N–C) groups is 1. The molecule has 0 aliphatic carbocycles. The van der Waals surface area contributed by atoms with Gasteiger partial charge in [-0.3, -0.25) is 9.59 Å². The summed E-state index contributed by atoms with van der Waals surface area (Å²) >= 11 is 0. The Balaban J connectivity index is 1.68. The predicted molar refractivity (Wildman–Crippen MR) is 149 cm³/mol. The van der Waals surface area contributed by atoms with Crippen LogP contribution in [0.2, 0.25) is 0 Å². The summed E-state index contributed by atoms with van der Waals surface area (Å²) < 4.78 is 15.3. The molecule has 0 aromatic heterocycles. The summed E-state index contributed by atoms with van der Waals surface area (Å²) in [6, 6.07) is 11.7. The predicted octanol–water partition coefficient (Wildman–Crippen LogP) is 2.17. The van der Waals surface area contributed by atoms with Gasteiger partial charge in [0.15, 0.2) is 0 Å². The standard InChI is InChI=1S/C29H36N4O8/c1-3-39-25(35)18-41-23-13-15-33(16-14-23)28(37)24(17-19-5-11-22(34)12-6-19)31-27(36)21-9-7-20(8-10-21)26(30)32-29(38)40-4-2/h5-12,23-24,34H,3-4,13-18H2,1-2H3,(H,31,36)(H2,30,32,38)/t24-/m0/s1. The van der Waals surface area contributed by atoms with Crippen molar-refractivity contribution in [2.45, 2.75) is 45.3 Å². The van der Waals surface area contributed by atoms with E-state index in [0.29, 0.717) is 31.5 Å². The Morgan fingerprint density at radius 1 is 0.976 bits per heavy atom. The number of carbonyl (C=O) groups excluding carboxylic acids is 4. The molecular weight excluding hydrogens is 532 g/mol. The second kappa shape index (κ2) is 15.4. The van der Waals surface area contributed by atoms with Crippen LogP contribution in [0.4, 0.5) is 4.79 Å². The number of hydrogen-bond donors (Lipinski definition) is 3. The van der Waals surface area contributed by atoms with E-state index >= 15 is 0 Å². The van der Waals surface area contributed by atoms with Crippen LogP contribution in [0.15, 0.2) is 53.5 Å². The minimum atomic E-state index is -0.876. The van der Waals surface area contributed by atoms with Crippen molar-refractivity contribution in [1.29, 1.82) is 0 Å². The zero-order chi connectivity index (χ0) is 29.8. The average Bonchev–Trinajstić information content (AvgIpc) is 2.97. The normalized spacial score (nSPS) is 14.7. The lowest BCUT2D eigenvalue weighted by Gasteiger charge is -2.34. The first-order valence-electron chi connectivity index (χ1n) is 13.5. The van der Waals surface area contributed by atoms with Crippen LogP contribution >= 0.6 is 0 Å². The van der Waals surface area contributed by atoms with E-state index < -0.39 is 24.0 Å². The number of nitrogens with zero attached hydrogens (tertiary/aromatic N) is 2. The van der Waals surface area contributed by atoms with Crippen molar-refractivity contribution < 1.29 is 38.5 Å². The maximum absolute atomic E-state index is 13.6. The number of amides is 3. The zero-order valence-electron chi connectivity index (χ0n) is 23.2. The quantitative estimate of drug-likeness (QED) is 0.209. The molecule has 0 bridgehead atoms. The van der Waals surface area contributed by atoms with Crippen LogP contribution in [0, 0.1) is 0 Å². The van der Waals surface area contributed by atoms with E-state index in [9.17, 15) is 24.3 Å². The van der Waals surface area contributed by atoms with Crippen LogP contribution in [0.3, 0.4) is 0 Å². The van der Waals surface area contributed by atoms with Crippen LogP contribution in [0.5, 0.6) is 5.75 Å². The minimum absolute atomic E-state index is 0.0505. The molecule has 0 radical (unpaired) electrons. The number of aromatic hydroxyl groups is 1. The Labute approximate surface area is 238 Å². The molecule has 0 saturated carbocycles. The third kappa shape index (κ3) is 9.60. The molecule has 3 amide bonds. The fraction of sp³-hybridized carbons (Fsp3) is 0.414. The number of esters is 1. The number of nitrogens with one attached hydrogen (secondary N) is 1. The topological polar surface area (TPSA) is 170 Å². The van der Waals surface area contributed by atoms with Crippen molar-refractivity contribution in [3.05, 3.63) is 65.2 Å². The molecule has 1 heterocycles. The van der Waals surface area contributed by atoms with Crippen LogP contribution in [-0.2, 0) is 30.2 Å². The van der Waals surface area contributed by atoms with Gasteiger partial charge in [-0.25, -0.2) is 9.59 Å². The molecule has 3 rings (SSSR count). The molecule has 220 valence electrons. The Morgan fingerprint density at radius 3 is 2.20 bits per heavy atom. The number of phenols is 1. The van der Waals surface area contributed by atoms with Crippen molar-refractivity contribution in [3.63, 3.8) is 0 Å². The van der Waals surface area contributed by atoms with Crippen molar-refractivity contribution >= 4 is 29.7 Å². The smallest absolute Gasteiger partial charge is 0.435 e. The molecule has 1 aliphatic rings. The van der Waals surface area contributed by atoms with Crippen molar-refractivity contribution in [3.8, 4) is 5.75 Å². The number of benzene rings is 2. The average molecular weight is 569 g/mol. The highest BCUT2D eigenvalue weighted by Gasteiger charge is 2.30. The first-order valence-corrected chi connectivity index (χ1v) is 13.5. The molecule has 1 atom stereocenters. The van der Waals surface area contributed by atoms with Gasteiger partial charge in [0.2, 0.25) is 5.91 Å². The number of hydrogen-bond acceptors (Lipinski definition) is 8. The molecule has 12 nitrogen and oxygen atoms in total. The second-order valence-corrected chi connectivity index (χ2v) is 9.31. The molecule has 0 spiro atoms. The lowest BCUT2D eigenvalue weighted by atomic mass is 10.0. The maximum atomic E-state index is 13.6. The lowest BCUT2D eigenvalue weighted by Crippen LogP contribution is -2.52. The van der Waals surface area contributed by atoms with Gasteiger partial charge in [0, 0.05) is 30.6 Å². The number of amidine groups is 1. The third-order valence-electron chi connectivity index (χ3n) is 6.40. The van der Waals surface area contributed by atoms with Gasteiger partial charge in [0.1, 0.15) is 24.2 Å². The van der Waals surface area contributed by atoms with Crippen LogP contribution in [-0.4, -0.2) is 84.8 Å². The molecule has 41 heavy (non-hydrogen) atoms. The molecule has 1 fully saturated rings. The van der Waals surface area contributed by atoms with E-state index in [-0.39, 0.29) is 55.4 Å². The van der Waals surface area contributed by atoms with Crippen molar-refractivity contribution in [2.24, 2.45) is 10.7 Å². The molecule has 4 N–H and O–H groups in total. The number of likely N-dealkylation sites (tertiary alicyclic amines) is 1. The number of piperidine rings is 1. The summed E-state index contributed by atoms with van der Waals surface area (Å²) in [6.07, 6.45) is 0.313. The Morgan fingerprint density at radius 2 is 1.59 bits per heavy atom. The summed E-state index contributed by atoms with van der Waals surface area (Å²) in [5, 5.41) is 12.5. The summed E-state index contributed by atoms with van der Waals surface area (Å²) in [4.78, 5) is 55.2. The van der Waals surface area contributed by atoms with Gasteiger partial charge in [0.05, 0.1) is 19.3 Å². The van der Waals surface area contributed by atoms with Gasteiger partial charge in [-0.05, 0) is 56.5 Å². The second-order valence-electron chi connectivity index (χ2n) is 9.31. The first kappa shape index (κ1) is 31.1. The zero-order valence-corrected chi connectivity index (χ0v) is 23.2. The summed E-state index contributed by atoms with van der Waals surface area (Å²) in [5.74, 6) is -1.11. The van der Waals surface area contributed by atoms with Gasteiger partial charge in [-0.2, -0.15) is 4.99 Å². The van der Waals surface area contributed by atoms with Gasteiger partial charge in [0.25, 0.3) is 5.91 Å². The molecule has 0 unspecified atom stereocenters. The van der Waals surface area contributed by atoms with Gasteiger partial charge in [-0.1, -0.05) is 24.3 Å². The maximum Gasteiger partial charge on any atom is 0.435 e. The highest BCUT2D eigenvalue weighted by molar-refractivity contribution is 6.04. The lowest BCUT2D eigenvalue weighted by molar-refractivity contribution is -0.152. The Kier molecular flexibility index (Phi) is 11.6. The van der Waals surface area contributed by atoms with Gasteiger partial charge in [-0.15, -0.1) is 0 Å². The number of nitrogens with two attached hydrogens (primary N) is 1. The van der Waals surface area contributed by atoms with Crippen LogP contribution in [0.25, 0.3) is 0 Å². The summed E-state index contributed by atoms with van der Waals surface area (Å²) in [6.45, 7) is 4.51. The highest BCUT2D eigenvalue weighted by Crippen LogP contribution is 2.18. The third-order valence-corrected chi connectivity index (χ3v) is 6.40. The minimum Gasteiger partial charge on any atom is -0.508 e. The molecule has 2 aromatic rings. The van der Waals surface area contributed by atoms with Gasteiger partial charge >= 0.3 is 12.1 Å². The van der Waals surface area contributed by atoms with E-state index in [1.165, 1.54) is 24.3 Å². The number of ether oxygens (including phenoxy) is 3. The fourth-order valence-electron chi connectivity index (χ4n) is 4.27.